The number of benzene rings is 2. The Morgan fingerprint density at radius 1 is 0.966 bits per heavy atom. The molecule has 0 fully saturated rings. The molecule has 0 unspecified atom stereocenters. The summed E-state index contributed by atoms with van der Waals surface area (Å²) in [7, 11) is -3.79. The summed E-state index contributed by atoms with van der Waals surface area (Å²) in [6.07, 6.45) is 0. The van der Waals surface area contributed by atoms with E-state index in [4.69, 9.17) is 4.74 Å². The zero-order valence-electron chi connectivity index (χ0n) is 14.8. The van der Waals surface area contributed by atoms with Crippen molar-refractivity contribution in [2.45, 2.75) is 11.8 Å². The van der Waals surface area contributed by atoms with Crippen LogP contribution in [0.4, 0.5) is 27.8 Å². The van der Waals surface area contributed by atoms with Crippen LogP contribution in [-0.4, -0.2) is 25.7 Å². The summed E-state index contributed by atoms with van der Waals surface area (Å²) in [5, 5.41) is 6.27. The number of sulfonamides is 1. The molecule has 6 nitrogen and oxygen atoms in total. The van der Waals surface area contributed by atoms with Crippen LogP contribution in [0.3, 0.4) is 0 Å². The zero-order valence-corrected chi connectivity index (χ0v) is 15.6. The van der Waals surface area contributed by atoms with Gasteiger partial charge < -0.3 is 4.74 Å². The van der Waals surface area contributed by atoms with E-state index in [0.717, 1.165) is 0 Å². The first-order valence-electron chi connectivity index (χ1n) is 7.82. The van der Waals surface area contributed by atoms with Gasteiger partial charge in [0, 0.05) is 11.1 Å². The summed E-state index contributed by atoms with van der Waals surface area (Å²) < 4.78 is 99.3. The minimum Gasteiger partial charge on any atom is -0.496 e. The number of anilines is 1. The van der Waals surface area contributed by atoms with Gasteiger partial charge >= 0.3 is 0 Å². The molecular weight excluding hydrogens is 421 g/mol. The molecule has 29 heavy (non-hydrogen) atoms. The van der Waals surface area contributed by atoms with Gasteiger partial charge in [-0.05, 0) is 19.1 Å². The summed E-state index contributed by atoms with van der Waals surface area (Å²) in [5.74, 6) is -12.1. The van der Waals surface area contributed by atoms with Crippen LogP contribution in [0, 0.1) is 36.0 Å². The van der Waals surface area contributed by atoms with Crippen molar-refractivity contribution in [1.29, 1.82) is 0 Å². The highest BCUT2D eigenvalue weighted by Gasteiger charge is 2.34. The normalized spacial score (nSPS) is 11.6. The Balaban J connectivity index is 2.07. The van der Waals surface area contributed by atoms with Gasteiger partial charge in [-0.25, -0.2) is 30.4 Å². The fourth-order valence-electron chi connectivity index (χ4n) is 2.61. The van der Waals surface area contributed by atoms with E-state index in [1.165, 1.54) is 14.0 Å². The number of halogens is 5. The third-order valence-electron chi connectivity index (χ3n) is 4.06. The summed E-state index contributed by atoms with van der Waals surface area (Å²) >= 11 is 0. The van der Waals surface area contributed by atoms with E-state index in [1.807, 2.05) is 0 Å². The zero-order chi connectivity index (χ0) is 21.5. The number of methoxy groups -OCH3 is 1. The van der Waals surface area contributed by atoms with Crippen LogP contribution in [0.15, 0.2) is 29.2 Å². The van der Waals surface area contributed by atoms with E-state index in [9.17, 15) is 30.4 Å². The lowest BCUT2D eigenvalue weighted by Crippen LogP contribution is -2.20. The maximum atomic E-state index is 13.9. The molecule has 0 atom stereocenters. The number of nitrogens with one attached hydrogen (secondary N) is 2. The first kappa shape index (κ1) is 20.6. The molecule has 0 saturated carbocycles. The topological polar surface area (TPSA) is 84.1 Å². The summed E-state index contributed by atoms with van der Waals surface area (Å²) in [5.41, 5.74) is 1.01. The molecule has 0 aliphatic carbocycles. The molecule has 2 aromatic carbocycles. The van der Waals surface area contributed by atoms with Crippen LogP contribution in [0.2, 0.25) is 0 Å². The molecule has 0 aliphatic rings. The van der Waals surface area contributed by atoms with E-state index in [-0.39, 0.29) is 5.56 Å². The second-order valence-corrected chi connectivity index (χ2v) is 7.40. The minimum atomic E-state index is -5.20. The second-order valence-electron chi connectivity index (χ2n) is 5.78. The van der Waals surface area contributed by atoms with Crippen molar-refractivity contribution in [3.8, 4) is 17.0 Å². The van der Waals surface area contributed by atoms with E-state index >= 15 is 0 Å². The third-order valence-corrected chi connectivity index (χ3v) is 5.41. The Morgan fingerprint density at radius 2 is 1.52 bits per heavy atom. The molecule has 0 bridgehead atoms. The predicted octanol–water partition coefficient (Wildman–Crippen LogP) is 3.89. The highest BCUT2D eigenvalue weighted by Crippen LogP contribution is 2.34. The van der Waals surface area contributed by atoms with Crippen LogP contribution in [0.1, 0.15) is 5.56 Å². The summed E-state index contributed by atoms with van der Waals surface area (Å²) in [6, 6.07) is 6.65. The quantitative estimate of drug-likeness (QED) is 0.363. The van der Waals surface area contributed by atoms with Gasteiger partial charge in [0.05, 0.1) is 12.8 Å². The van der Waals surface area contributed by atoms with Crippen molar-refractivity contribution in [3.05, 3.63) is 58.9 Å². The van der Waals surface area contributed by atoms with Gasteiger partial charge in [0.1, 0.15) is 5.75 Å². The lowest BCUT2D eigenvalue weighted by molar-refractivity contribution is 0.358. The molecule has 2 N–H and O–H groups in total. The second kappa shape index (κ2) is 7.35. The largest absolute Gasteiger partial charge is 0.496 e. The molecular formula is C17H12F5N3O3S. The Hall–Kier alpha value is -3.15. The first-order valence-corrected chi connectivity index (χ1v) is 9.31. The first-order chi connectivity index (χ1) is 13.6. The molecule has 0 amide bonds. The molecule has 154 valence electrons. The van der Waals surface area contributed by atoms with Crippen LogP contribution >= 0.6 is 0 Å². The Kier molecular flexibility index (Phi) is 5.22. The van der Waals surface area contributed by atoms with Crippen LogP contribution in [0.5, 0.6) is 5.75 Å². The third kappa shape index (κ3) is 3.39. The van der Waals surface area contributed by atoms with Crippen LogP contribution < -0.4 is 9.46 Å². The molecule has 0 saturated heterocycles. The van der Waals surface area contributed by atoms with Crippen molar-refractivity contribution in [2.75, 3.05) is 11.8 Å². The van der Waals surface area contributed by atoms with E-state index < -0.39 is 49.8 Å². The van der Waals surface area contributed by atoms with Gasteiger partial charge in [-0.3, -0.25) is 9.82 Å². The maximum Gasteiger partial charge on any atom is 0.269 e. The van der Waals surface area contributed by atoms with Crippen LogP contribution in [0.25, 0.3) is 11.3 Å². The molecule has 3 rings (SSSR count). The Labute approximate surface area is 161 Å². The Morgan fingerprint density at radius 3 is 2.10 bits per heavy atom. The fourth-order valence-corrected chi connectivity index (χ4v) is 3.82. The number of aromatic nitrogens is 2. The highest BCUT2D eigenvalue weighted by molar-refractivity contribution is 7.92. The number of hydrogen-bond acceptors (Lipinski definition) is 4. The average molecular weight is 433 g/mol. The van der Waals surface area contributed by atoms with Gasteiger partial charge in [0.2, 0.25) is 5.82 Å². The molecule has 0 spiro atoms. The van der Waals surface area contributed by atoms with Gasteiger partial charge in [-0.15, -0.1) is 0 Å². The number of H-pyrrole nitrogens is 1. The van der Waals surface area contributed by atoms with Crippen molar-refractivity contribution >= 4 is 15.8 Å². The van der Waals surface area contributed by atoms with Crippen molar-refractivity contribution < 1.29 is 35.1 Å². The Bertz CT molecular complexity index is 1180. The maximum absolute atomic E-state index is 13.9. The van der Waals surface area contributed by atoms with Crippen molar-refractivity contribution in [1.82, 2.24) is 10.2 Å². The number of nitrogens with zero attached hydrogens (tertiary/aromatic N) is 1. The SMILES string of the molecule is COc1ccccc1-c1[nH]nc(NS(=O)(=O)c2c(F)c(F)c(F)c(F)c2F)c1C. The molecule has 1 heterocycles. The smallest absolute Gasteiger partial charge is 0.269 e. The molecule has 12 heteroatoms. The molecule has 0 aliphatic heterocycles. The number of rotatable bonds is 5. The monoisotopic (exact) mass is 433 g/mol. The molecule has 3 aromatic rings. The average Bonchev–Trinajstić information content (AvgIpc) is 3.04. The number of aromatic amines is 1. The molecule has 0 radical (unpaired) electrons. The predicted molar refractivity (Wildman–Crippen MR) is 92.4 cm³/mol. The molecule has 1 aromatic heterocycles. The number of ether oxygens (including phenoxy) is 1. The van der Waals surface area contributed by atoms with Crippen LogP contribution in [-0.2, 0) is 10.0 Å². The summed E-state index contributed by atoms with van der Waals surface area (Å²) in [4.78, 5) is -2.00. The standard InChI is InChI=1S/C17H12F5N3O3S/c1-7-15(8-5-3-4-6-9(8)28-2)23-24-17(7)25-29(26,27)16-13(21)11(19)10(18)12(20)14(16)22/h3-6H,1-2H3,(H2,23,24,25). The van der Waals surface area contributed by atoms with E-state index in [0.29, 0.717) is 17.0 Å². The van der Waals surface area contributed by atoms with Crippen molar-refractivity contribution in [3.63, 3.8) is 0 Å². The fraction of sp³-hybridized carbons (Fsp3) is 0.118. The highest BCUT2D eigenvalue weighted by atomic mass is 32.2. The van der Waals surface area contributed by atoms with E-state index in [1.54, 1.807) is 29.0 Å². The lowest BCUT2D eigenvalue weighted by atomic mass is 10.1. The van der Waals surface area contributed by atoms with Crippen molar-refractivity contribution in [2.24, 2.45) is 0 Å². The van der Waals surface area contributed by atoms with Gasteiger partial charge in [0.15, 0.2) is 34.0 Å². The lowest BCUT2D eigenvalue weighted by Gasteiger charge is -2.11. The number of para-hydroxylation sites is 1. The summed E-state index contributed by atoms with van der Waals surface area (Å²) in [6.45, 7) is 1.43. The minimum absolute atomic E-state index is 0.196. The van der Waals surface area contributed by atoms with Gasteiger partial charge in [-0.1, -0.05) is 12.1 Å². The van der Waals surface area contributed by atoms with Gasteiger partial charge in [-0.2, -0.15) is 5.10 Å². The van der Waals surface area contributed by atoms with E-state index in [2.05, 4.69) is 10.2 Å². The number of hydrogen-bond donors (Lipinski definition) is 2. The van der Waals surface area contributed by atoms with Gasteiger partial charge in [0.25, 0.3) is 10.0 Å².